The molecule has 0 aromatic heterocycles. The van der Waals surface area contributed by atoms with E-state index in [1.165, 1.54) is 0 Å². The molecular weight excluding hydrogens is 411 g/mol. The maximum Gasteiger partial charge on any atom is 0.191 e. The van der Waals surface area contributed by atoms with Gasteiger partial charge in [-0.25, -0.2) is 0 Å². The predicted octanol–water partition coefficient (Wildman–Crippen LogP) is 0.545. The van der Waals surface area contributed by atoms with E-state index < -0.39 is 0 Å². The monoisotopic (exact) mass is 444 g/mol. The van der Waals surface area contributed by atoms with Crippen LogP contribution < -0.4 is 10.6 Å². The third-order valence-electron chi connectivity index (χ3n) is 3.32. The summed E-state index contributed by atoms with van der Waals surface area (Å²) in [5.74, 6) is 0.861. The van der Waals surface area contributed by atoms with Crippen LogP contribution in [-0.2, 0) is 14.2 Å². The summed E-state index contributed by atoms with van der Waals surface area (Å²) in [6.45, 7) is 11.3. The molecule has 1 saturated heterocycles. The molecule has 138 valence electrons. The van der Waals surface area contributed by atoms with Crippen LogP contribution >= 0.6 is 24.0 Å². The van der Waals surface area contributed by atoms with Gasteiger partial charge in [-0.1, -0.05) is 0 Å². The van der Waals surface area contributed by atoms with Crippen molar-refractivity contribution in [1.29, 1.82) is 0 Å². The first-order valence-corrected chi connectivity index (χ1v) is 8.25. The van der Waals surface area contributed by atoms with E-state index in [-0.39, 0.29) is 24.0 Å². The molecular formula is C15H33IN4O3. The first-order chi connectivity index (χ1) is 10.9. The van der Waals surface area contributed by atoms with Gasteiger partial charge in [-0.2, -0.15) is 0 Å². The SMILES string of the molecule is CCNC(=NCCCN1CCOCC1)NCCOCCOC.I. The van der Waals surface area contributed by atoms with Crippen molar-refractivity contribution in [3.63, 3.8) is 0 Å². The zero-order chi connectivity index (χ0) is 15.9. The summed E-state index contributed by atoms with van der Waals surface area (Å²) in [4.78, 5) is 7.02. The number of nitrogens with one attached hydrogen (secondary N) is 2. The minimum atomic E-state index is 0. The van der Waals surface area contributed by atoms with Crippen LogP contribution in [0.4, 0.5) is 0 Å². The van der Waals surface area contributed by atoms with Gasteiger partial charge in [0.05, 0.1) is 33.0 Å². The number of rotatable bonds is 11. The molecule has 0 radical (unpaired) electrons. The Morgan fingerprint density at radius 3 is 2.65 bits per heavy atom. The quantitative estimate of drug-likeness (QED) is 0.210. The van der Waals surface area contributed by atoms with Gasteiger partial charge >= 0.3 is 0 Å². The van der Waals surface area contributed by atoms with Crippen molar-refractivity contribution < 1.29 is 14.2 Å². The molecule has 0 bridgehead atoms. The van der Waals surface area contributed by atoms with Gasteiger partial charge in [0.2, 0.25) is 0 Å². The molecule has 2 N–H and O–H groups in total. The predicted molar refractivity (Wildman–Crippen MR) is 104 cm³/mol. The number of guanidine groups is 1. The third kappa shape index (κ3) is 12.9. The standard InChI is InChI=1S/C15H32N4O3.HI/c1-3-16-15(18-6-10-21-14-13-20-2)17-5-4-7-19-8-11-22-12-9-19;/h3-14H2,1-2H3,(H2,16,17,18);1H. The Morgan fingerprint density at radius 1 is 1.17 bits per heavy atom. The first kappa shape index (κ1) is 22.8. The molecule has 0 spiro atoms. The number of halogens is 1. The lowest BCUT2D eigenvalue weighted by molar-refractivity contribution is 0.0377. The number of hydrogen-bond acceptors (Lipinski definition) is 5. The van der Waals surface area contributed by atoms with Crippen molar-refractivity contribution in [3.8, 4) is 0 Å². The van der Waals surface area contributed by atoms with Crippen LogP contribution in [0, 0.1) is 0 Å². The Kier molecular flexibility index (Phi) is 16.6. The minimum absolute atomic E-state index is 0. The lowest BCUT2D eigenvalue weighted by atomic mass is 10.3. The fourth-order valence-corrected chi connectivity index (χ4v) is 2.14. The Bertz CT molecular complexity index is 290. The van der Waals surface area contributed by atoms with Crippen molar-refractivity contribution in [1.82, 2.24) is 15.5 Å². The number of aliphatic imine (C=N–C) groups is 1. The second kappa shape index (κ2) is 16.7. The first-order valence-electron chi connectivity index (χ1n) is 8.25. The van der Waals surface area contributed by atoms with E-state index in [1.807, 2.05) is 0 Å². The van der Waals surface area contributed by atoms with Crippen LogP contribution in [0.1, 0.15) is 13.3 Å². The van der Waals surface area contributed by atoms with Crippen molar-refractivity contribution in [3.05, 3.63) is 0 Å². The summed E-state index contributed by atoms with van der Waals surface area (Å²) >= 11 is 0. The Balaban J connectivity index is 0.00000484. The van der Waals surface area contributed by atoms with E-state index in [9.17, 15) is 0 Å². The summed E-state index contributed by atoms with van der Waals surface area (Å²) in [7, 11) is 1.68. The summed E-state index contributed by atoms with van der Waals surface area (Å²) in [5, 5.41) is 6.52. The van der Waals surface area contributed by atoms with Gasteiger partial charge in [0.15, 0.2) is 5.96 Å². The number of nitrogens with zero attached hydrogens (tertiary/aromatic N) is 2. The van der Waals surface area contributed by atoms with Crippen LogP contribution in [-0.4, -0.2) is 90.3 Å². The molecule has 1 aliphatic heterocycles. The molecule has 8 heteroatoms. The molecule has 0 aromatic carbocycles. The molecule has 0 aromatic rings. The van der Waals surface area contributed by atoms with Crippen molar-refractivity contribution in [2.24, 2.45) is 4.99 Å². The lowest BCUT2D eigenvalue weighted by Crippen LogP contribution is -2.39. The van der Waals surface area contributed by atoms with Gasteiger partial charge in [0.25, 0.3) is 0 Å². The zero-order valence-electron chi connectivity index (χ0n) is 14.5. The molecule has 1 heterocycles. The fraction of sp³-hybridized carbons (Fsp3) is 0.933. The fourth-order valence-electron chi connectivity index (χ4n) is 2.14. The highest BCUT2D eigenvalue weighted by atomic mass is 127. The molecule has 0 unspecified atom stereocenters. The Morgan fingerprint density at radius 2 is 1.96 bits per heavy atom. The highest BCUT2D eigenvalue weighted by molar-refractivity contribution is 14.0. The number of hydrogen-bond donors (Lipinski definition) is 2. The Labute approximate surface area is 157 Å². The third-order valence-corrected chi connectivity index (χ3v) is 3.32. The minimum Gasteiger partial charge on any atom is -0.382 e. The summed E-state index contributed by atoms with van der Waals surface area (Å²) in [6, 6.07) is 0. The maximum absolute atomic E-state index is 5.42. The zero-order valence-corrected chi connectivity index (χ0v) is 16.8. The normalized spacial score (nSPS) is 16.0. The van der Waals surface area contributed by atoms with Crippen LogP contribution in [0.15, 0.2) is 4.99 Å². The van der Waals surface area contributed by atoms with Gasteiger partial charge in [-0.05, 0) is 13.3 Å². The highest BCUT2D eigenvalue weighted by Crippen LogP contribution is 1.97. The molecule has 0 atom stereocenters. The van der Waals surface area contributed by atoms with Crippen LogP contribution in [0.2, 0.25) is 0 Å². The largest absolute Gasteiger partial charge is 0.382 e. The lowest BCUT2D eigenvalue weighted by Gasteiger charge is -2.26. The Hall–Kier alpha value is -0.160. The molecule has 0 amide bonds. The molecule has 1 aliphatic rings. The van der Waals surface area contributed by atoms with Crippen LogP contribution in [0.5, 0.6) is 0 Å². The highest BCUT2D eigenvalue weighted by Gasteiger charge is 2.08. The summed E-state index contributed by atoms with van der Waals surface area (Å²) in [5.41, 5.74) is 0. The maximum atomic E-state index is 5.42. The number of morpholine rings is 1. The average Bonchev–Trinajstić information content (AvgIpc) is 2.55. The van der Waals surface area contributed by atoms with Gasteiger partial charge in [-0.15, -0.1) is 24.0 Å². The molecule has 0 saturated carbocycles. The summed E-state index contributed by atoms with van der Waals surface area (Å²) < 4.78 is 15.7. The smallest absolute Gasteiger partial charge is 0.191 e. The number of ether oxygens (including phenoxy) is 3. The number of methoxy groups -OCH3 is 1. The van der Waals surface area contributed by atoms with Gasteiger partial charge in [-0.3, -0.25) is 9.89 Å². The second-order valence-electron chi connectivity index (χ2n) is 5.10. The molecule has 23 heavy (non-hydrogen) atoms. The van der Waals surface area contributed by atoms with Gasteiger partial charge < -0.3 is 24.8 Å². The van der Waals surface area contributed by atoms with E-state index >= 15 is 0 Å². The van der Waals surface area contributed by atoms with Crippen LogP contribution in [0.25, 0.3) is 0 Å². The molecule has 1 rings (SSSR count). The van der Waals surface area contributed by atoms with E-state index in [0.29, 0.717) is 19.8 Å². The average molecular weight is 444 g/mol. The molecule has 7 nitrogen and oxygen atoms in total. The van der Waals surface area contributed by atoms with Gasteiger partial charge in [0.1, 0.15) is 0 Å². The van der Waals surface area contributed by atoms with Crippen molar-refractivity contribution in [2.75, 3.05) is 79.4 Å². The van der Waals surface area contributed by atoms with E-state index in [2.05, 4.69) is 27.4 Å². The van der Waals surface area contributed by atoms with Crippen molar-refractivity contribution in [2.45, 2.75) is 13.3 Å². The van der Waals surface area contributed by atoms with Crippen LogP contribution in [0.3, 0.4) is 0 Å². The topological polar surface area (TPSA) is 67.4 Å². The molecule has 0 aliphatic carbocycles. The van der Waals surface area contributed by atoms with E-state index in [4.69, 9.17) is 14.2 Å². The summed E-state index contributed by atoms with van der Waals surface area (Å²) in [6.07, 6.45) is 1.07. The van der Waals surface area contributed by atoms with E-state index in [0.717, 1.165) is 64.9 Å². The van der Waals surface area contributed by atoms with E-state index in [1.54, 1.807) is 7.11 Å². The van der Waals surface area contributed by atoms with Gasteiger partial charge in [0, 0.05) is 46.4 Å². The molecule has 1 fully saturated rings. The second-order valence-corrected chi connectivity index (χ2v) is 5.10. The van der Waals surface area contributed by atoms with Crippen molar-refractivity contribution >= 4 is 29.9 Å².